The third-order valence-electron chi connectivity index (χ3n) is 6.01. The molecule has 6 heteroatoms. The van der Waals surface area contributed by atoms with E-state index in [0.29, 0.717) is 5.92 Å². The summed E-state index contributed by atoms with van der Waals surface area (Å²) in [4.78, 5) is 0. The Kier molecular flexibility index (Phi) is 6.53. The lowest BCUT2D eigenvalue weighted by atomic mass is 9.80. The average molecular weight is 417 g/mol. The van der Waals surface area contributed by atoms with Crippen LogP contribution in [-0.2, 0) is 0 Å². The monoisotopic (exact) mass is 416 g/mol. The topological polar surface area (TPSA) is 67.1 Å². The summed E-state index contributed by atoms with van der Waals surface area (Å²) in [6.45, 7) is 7.24. The highest BCUT2D eigenvalue weighted by atomic mass is 15.4. The molecule has 0 atom stereocenters. The van der Waals surface area contributed by atoms with Gasteiger partial charge in [0.2, 0.25) is 0 Å². The summed E-state index contributed by atoms with van der Waals surface area (Å²) in [5.41, 5.74) is 3.17. The van der Waals surface area contributed by atoms with E-state index in [2.05, 4.69) is 46.7 Å². The molecular formula is C25H32N6. The Morgan fingerprint density at radius 3 is 2.68 bits per heavy atom. The summed E-state index contributed by atoms with van der Waals surface area (Å²) < 4.78 is 1.87. The second kappa shape index (κ2) is 9.49. The first-order chi connectivity index (χ1) is 15.1. The van der Waals surface area contributed by atoms with Gasteiger partial charge in [0.25, 0.3) is 0 Å². The quantitative estimate of drug-likeness (QED) is 0.376. The minimum absolute atomic E-state index is 0.0825. The van der Waals surface area contributed by atoms with Crippen molar-refractivity contribution in [3.63, 3.8) is 0 Å². The fourth-order valence-electron chi connectivity index (χ4n) is 3.91. The van der Waals surface area contributed by atoms with Crippen LogP contribution in [0.15, 0.2) is 36.4 Å². The number of hydrogen-bond acceptors (Lipinski definition) is 5. The van der Waals surface area contributed by atoms with Crippen LogP contribution in [-0.4, -0.2) is 39.4 Å². The Morgan fingerprint density at radius 1 is 1.16 bits per heavy atom. The molecule has 2 heterocycles. The van der Waals surface area contributed by atoms with Crippen LogP contribution in [0.5, 0.6) is 0 Å². The van der Waals surface area contributed by atoms with Crippen LogP contribution in [0, 0.1) is 17.8 Å². The van der Waals surface area contributed by atoms with E-state index >= 15 is 0 Å². The third-order valence-corrected chi connectivity index (χ3v) is 6.01. The number of aromatic nitrogens is 4. The molecule has 1 aromatic carbocycles. The van der Waals surface area contributed by atoms with Crippen molar-refractivity contribution in [3.05, 3.63) is 42.0 Å². The van der Waals surface area contributed by atoms with Crippen molar-refractivity contribution in [3.8, 4) is 23.7 Å². The molecule has 0 radical (unpaired) electrons. The standard InChI is InChI=1S/C25H32N6/c1-4-5-9-15-26-17-25(2,3)18-27-23-21(19-13-10-14-19)16-22-28-29-24(31(22)30-23)20-11-7-6-8-12-20/h1,6-8,11-12,16,19,26H,5,9-10,13-15,17-18H2,2-3H3,(H,27,30). The van der Waals surface area contributed by atoms with E-state index in [1.165, 1.54) is 24.8 Å². The smallest absolute Gasteiger partial charge is 0.185 e. The van der Waals surface area contributed by atoms with Crippen molar-refractivity contribution in [1.82, 2.24) is 25.1 Å². The summed E-state index contributed by atoms with van der Waals surface area (Å²) in [7, 11) is 0. The molecule has 162 valence electrons. The Morgan fingerprint density at radius 2 is 1.97 bits per heavy atom. The molecule has 3 aromatic rings. The van der Waals surface area contributed by atoms with Crippen LogP contribution in [0.2, 0.25) is 0 Å². The Balaban J connectivity index is 1.54. The lowest BCUT2D eigenvalue weighted by molar-refractivity contribution is 0.361. The van der Waals surface area contributed by atoms with Crippen LogP contribution in [0.25, 0.3) is 17.0 Å². The van der Waals surface area contributed by atoms with Gasteiger partial charge in [-0.3, -0.25) is 0 Å². The highest BCUT2D eigenvalue weighted by Gasteiger charge is 2.26. The number of unbranched alkanes of at least 4 members (excludes halogenated alkanes) is 1. The molecule has 0 bridgehead atoms. The van der Waals surface area contributed by atoms with Gasteiger partial charge in [0.05, 0.1) is 0 Å². The molecule has 0 amide bonds. The molecule has 1 aliphatic carbocycles. The van der Waals surface area contributed by atoms with Crippen LogP contribution < -0.4 is 10.6 Å². The van der Waals surface area contributed by atoms with Crippen LogP contribution in [0.4, 0.5) is 5.82 Å². The number of benzene rings is 1. The molecule has 1 fully saturated rings. The van der Waals surface area contributed by atoms with E-state index in [4.69, 9.17) is 11.5 Å². The van der Waals surface area contributed by atoms with E-state index in [1.807, 2.05) is 34.8 Å². The fourth-order valence-corrected chi connectivity index (χ4v) is 3.91. The van der Waals surface area contributed by atoms with Gasteiger partial charge in [-0.25, -0.2) is 0 Å². The molecule has 0 unspecified atom stereocenters. The maximum absolute atomic E-state index is 5.34. The minimum Gasteiger partial charge on any atom is -0.368 e. The lowest BCUT2D eigenvalue weighted by Crippen LogP contribution is -2.36. The summed E-state index contributed by atoms with van der Waals surface area (Å²) in [6.07, 6.45) is 10.9. The van der Waals surface area contributed by atoms with Gasteiger partial charge in [-0.15, -0.1) is 27.6 Å². The van der Waals surface area contributed by atoms with Gasteiger partial charge < -0.3 is 10.6 Å². The highest BCUT2D eigenvalue weighted by Crippen LogP contribution is 2.40. The normalized spacial score (nSPS) is 14.4. The van der Waals surface area contributed by atoms with E-state index in [-0.39, 0.29) is 5.41 Å². The maximum Gasteiger partial charge on any atom is 0.185 e. The third kappa shape index (κ3) is 5.05. The zero-order chi connectivity index (χ0) is 21.7. The van der Waals surface area contributed by atoms with Gasteiger partial charge in [-0.2, -0.15) is 4.52 Å². The predicted octanol–water partition coefficient (Wildman–Crippen LogP) is 4.50. The number of hydrogen-bond donors (Lipinski definition) is 2. The van der Waals surface area contributed by atoms with Gasteiger partial charge in [0.1, 0.15) is 0 Å². The number of nitrogens with zero attached hydrogens (tertiary/aromatic N) is 4. The summed E-state index contributed by atoms with van der Waals surface area (Å²) in [5, 5.41) is 21.0. The summed E-state index contributed by atoms with van der Waals surface area (Å²) in [6, 6.07) is 12.3. The fraction of sp³-hybridized carbons (Fsp3) is 0.480. The Bertz CT molecular complexity index is 1040. The zero-order valence-corrected chi connectivity index (χ0v) is 18.6. The van der Waals surface area contributed by atoms with Crippen molar-refractivity contribution in [1.29, 1.82) is 0 Å². The molecule has 6 nitrogen and oxygen atoms in total. The molecule has 1 saturated carbocycles. The summed E-state index contributed by atoms with van der Waals surface area (Å²) >= 11 is 0. The average Bonchev–Trinajstić information content (AvgIpc) is 3.14. The van der Waals surface area contributed by atoms with Gasteiger partial charge in [-0.05, 0) is 43.2 Å². The first-order valence-corrected chi connectivity index (χ1v) is 11.3. The SMILES string of the molecule is C#CCCCNCC(C)(C)CNc1nn2c(-c3ccccc3)nnc2cc1C1CCC1. The number of fused-ring (bicyclic) bond motifs is 1. The van der Waals surface area contributed by atoms with Crippen LogP contribution in [0.3, 0.4) is 0 Å². The Labute approximate surface area is 184 Å². The second-order valence-corrected chi connectivity index (χ2v) is 9.24. The number of rotatable bonds is 10. The van der Waals surface area contributed by atoms with E-state index < -0.39 is 0 Å². The van der Waals surface area contributed by atoms with Gasteiger partial charge in [0.15, 0.2) is 17.3 Å². The Hall–Kier alpha value is -2.91. The van der Waals surface area contributed by atoms with Crippen molar-refractivity contribution in [2.24, 2.45) is 5.41 Å². The molecular weight excluding hydrogens is 384 g/mol. The molecule has 1 aliphatic rings. The first kappa shape index (κ1) is 21.3. The van der Waals surface area contributed by atoms with E-state index in [0.717, 1.165) is 55.3 Å². The second-order valence-electron chi connectivity index (χ2n) is 9.24. The van der Waals surface area contributed by atoms with Gasteiger partial charge >= 0.3 is 0 Å². The van der Waals surface area contributed by atoms with E-state index in [1.54, 1.807) is 0 Å². The van der Waals surface area contributed by atoms with Crippen molar-refractivity contribution >= 4 is 11.5 Å². The van der Waals surface area contributed by atoms with E-state index in [9.17, 15) is 0 Å². The van der Waals surface area contributed by atoms with Crippen molar-refractivity contribution in [2.75, 3.05) is 25.0 Å². The van der Waals surface area contributed by atoms with Crippen LogP contribution >= 0.6 is 0 Å². The summed E-state index contributed by atoms with van der Waals surface area (Å²) in [5.74, 6) is 4.98. The molecule has 31 heavy (non-hydrogen) atoms. The number of nitrogens with one attached hydrogen (secondary N) is 2. The molecule has 0 spiro atoms. The highest BCUT2D eigenvalue weighted by molar-refractivity contribution is 5.61. The number of terminal acetylenes is 1. The molecule has 2 N–H and O–H groups in total. The van der Waals surface area contributed by atoms with Gasteiger partial charge in [0, 0.05) is 30.6 Å². The number of anilines is 1. The van der Waals surface area contributed by atoms with Gasteiger partial charge in [-0.1, -0.05) is 50.6 Å². The van der Waals surface area contributed by atoms with Crippen molar-refractivity contribution in [2.45, 2.75) is 51.9 Å². The molecule has 2 aromatic heterocycles. The molecule has 0 saturated heterocycles. The first-order valence-electron chi connectivity index (χ1n) is 11.3. The van der Waals surface area contributed by atoms with Crippen LogP contribution in [0.1, 0.15) is 57.4 Å². The minimum atomic E-state index is 0.0825. The zero-order valence-electron chi connectivity index (χ0n) is 18.6. The van der Waals surface area contributed by atoms with Crippen molar-refractivity contribution < 1.29 is 0 Å². The molecule has 4 rings (SSSR count). The largest absolute Gasteiger partial charge is 0.368 e. The lowest BCUT2D eigenvalue weighted by Gasteiger charge is -2.30. The maximum atomic E-state index is 5.34. The predicted molar refractivity (Wildman–Crippen MR) is 126 cm³/mol. The molecule has 0 aliphatic heterocycles.